The Bertz CT molecular complexity index is 619. The van der Waals surface area contributed by atoms with E-state index in [1.54, 1.807) is 6.33 Å². The van der Waals surface area contributed by atoms with Crippen molar-refractivity contribution in [3.63, 3.8) is 0 Å². The fourth-order valence-electron chi connectivity index (χ4n) is 3.01. The highest BCUT2D eigenvalue weighted by Crippen LogP contribution is 2.22. The molecule has 1 fully saturated rings. The van der Waals surface area contributed by atoms with Crippen LogP contribution in [0.2, 0.25) is 0 Å². The van der Waals surface area contributed by atoms with Gasteiger partial charge in [0.2, 0.25) is 0 Å². The van der Waals surface area contributed by atoms with Gasteiger partial charge in [-0.3, -0.25) is 9.58 Å². The normalized spacial score (nSPS) is 19.7. The number of morpholine rings is 1. The number of hydrogen-bond donors (Lipinski definition) is 0. The SMILES string of the molecule is CCc1nn(C)cc1CN1CCOC(c2nncn2CC)C1. The topological polar surface area (TPSA) is 61.0 Å². The number of nitrogens with zero attached hydrogens (tertiary/aromatic N) is 6. The maximum Gasteiger partial charge on any atom is 0.163 e. The van der Waals surface area contributed by atoms with Gasteiger partial charge in [-0.25, -0.2) is 0 Å². The van der Waals surface area contributed by atoms with Crippen LogP contribution in [0.1, 0.15) is 37.0 Å². The molecule has 1 aliphatic rings. The average Bonchev–Trinajstić information content (AvgIpc) is 3.13. The van der Waals surface area contributed by atoms with Crippen LogP contribution in [0.5, 0.6) is 0 Å². The van der Waals surface area contributed by atoms with Gasteiger partial charge in [0.15, 0.2) is 5.82 Å². The van der Waals surface area contributed by atoms with Gasteiger partial charge >= 0.3 is 0 Å². The van der Waals surface area contributed by atoms with Gasteiger partial charge in [0.1, 0.15) is 12.4 Å². The monoisotopic (exact) mass is 304 g/mol. The van der Waals surface area contributed by atoms with Gasteiger partial charge in [0.25, 0.3) is 0 Å². The molecule has 120 valence electrons. The van der Waals surface area contributed by atoms with E-state index >= 15 is 0 Å². The lowest BCUT2D eigenvalue weighted by Gasteiger charge is -2.32. The Morgan fingerprint density at radius 2 is 2.23 bits per heavy atom. The second-order valence-corrected chi connectivity index (χ2v) is 5.70. The quantitative estimate of drug-likeness (QED) is 0.830. The molecule has 0 N–H and O–H groups in total. The highest BCUT2D eigenvalue weighted by Gasteiger charge is 2.26. The number of ether oxygens (including phenoxy) is 1. The van der Waals surface area contributed by atoms with E-state index in [2.05, 4.69) is 44.8 Å². The molecule has 3 rings (SSSR count). The van der Waals surface area contributed by atoms with Gasteiger partial charge in [-0.1, -0.05) is 6.92 Å². The molecule has 0 radical (unpaired) electrons. The molecule has 0 spiro atoms. The number of rotatable bonds is 5. The van der Waals surface area contributed by atoms with Gasteiger partial charge in [0, 0.05) is 45.0 Å². The smallest absolute Gasteiger partial charge is 0.163 e. The molecule has 22 heavy (non-hydrogen) atoms. The molecule has 2 aromatic rings. The van der Waals surface area contributed by atoms with Crippen molar-refractivity contribution < 1.29 is 4.74 Å². The number of aromatic nitrogens is 5. The number of hydrogen-bond acceptors (Lipinski definition) is 5. The van der Waals surface area contributed by atoms with Gasteiger partial charge < -0.3 is 9.30 Å². The molecular formula is C15H24N6O. The van der Waals surface area contributed by atoms with Gasteiger partial charge in [-0.2, -0.15) is 5.10 Å². The van der Waals surface area contributed by atoms with Crippen LogP contribution in [0.25, 0.3) is 0 Å². The van der Waals surface area contributed by atoms with E-state index in [4.69, 9.17) is 4.74 Å². The van der Waals surface area contributed by atoms with Crippen LogP contribution in [0.3, 0.4) is 0 Å². The zero-order valence-corrected chi connectivity index (χ0v) is 13.6. The molecule has 3 heterocycles. The third-order valence-corrected chi connectivity index (χ3v) is 4.15. The minimum Gasteiger partial charge on any atom is -0.368 e. The van der Waals surface area contributed by atoms with Crippen molar-refractivity contribution in [2.75, 3.05) is 19.7 Å². The van der Waals surface area contributed by atoms with Crippen molar-refractivity contribution in [1.82, 2.24) is 29.4 Å². The summed E-state index contributed by atoms with van der Waals surface area (Å²) in [5, 5.41) is 12.8. The van der Waals surface area contributed by atoms with Crippen molar-refractivity contribution >= 4 is 0 Å². The fourth-order valence-corrected chi connectivity index (χ4v) is 3.01. The third-order valence-electron chi connectivity index (χ3n) is 4.15. The van der Waals surface area contributed by atoms with Crippen LogP contribution in [-0.4, -0.2) is 49.1 Å². The first-order chi connectivity index (χ1) is 10.7. The largest absolute Gasteiger partial charge is 0.368 e. The highest BCUT2D eigenvalue weighted by atomic mass is 16.5. The molecule has 7 nitrogen and oxygen atoms in total. The second kappa shape index (κ2) is 6.58. The fraction of sp³-hybridized carbons (Fsp3) is 0.667. The summed E-state index contributed by atoms with van der Waals surface area (Å²) in [5.41, 5.74) is 2.49. The minimum atomic E-state index is -0.00190. The lowest BCUT2D eigenvalue weighted by Crippen LogP contribution is -2.38. The van der Waals surface area contributed by atoms with Crippen LogP contribution in [0.15, 0.2) is 12.5 Å². The van der Waals surface area contributed by atoms with Crippen molar-refractivity contribution in [2.45, 2.75) is 39.5 Å². The van der Waals surface area contributed by atoms with Crippen molar-refractivity contribution in [3.8, 4) is 0 Å². The molecular weight excluding hydrogens is 280 g/mol. The molecule has 2 aromatic heterocycles. The predicted molar refractivity (Wildman–Crippen MR) is 82.3 cm³/mol. The van der Waals surface area contributed by atoms with Crippen LogP contribution in [0.4, 0.5) is 0 Å². The first kappa shape index (κ1) is 15.2. The van der Waals surface area contributed by atoms with Crippen LogP contribution < -0.4 is 0 Å². The first-order valence-corrected chi connectivity index (χ1v) is 7.94. The first-order valence-electron chi connectivity index (χ1n) is 7.94. The van der Waals surface area contributed by atoms with Gasteiger partial charge in [-0.15, -0.1) is 10.2 Å². The van der Waals surface area contributed by atoms with Crippen molar-refractivity contribution in [3.05, 3.63) is 29.6 Å². The Morgan fingerprint density at radius 1 is 1.36 bits per heavy atom. The van der Waals surface area contributed by atoms with E-state index in [-0.39, 0.29) is 6.10 Å². The van der Waals surface area contributed by atoms with E-state index in [1.807, 2.05) is 11.7 Å². The Balaban J connectivity index is 1.70. The Kier molecular flexibility index (Phi) is 4.54. The van der Waals surface area contributed by atoms with E-state index < -0.39 is 0 Å². The zero-order valence-electron chi connectivity index (χ0n) is 13.6. The minimum absolute atomic E-state index is 0.00190. The molecule has 7 heteroatoms. The molecule has 0 saturated carbocycles. The Labute approximate surface area is 130 Å². The maximum atomic E-state index is 5.91. The molecule has 0 aliphatic carbocycles. The van der Waals surface area contributed by atoms with Gasteiger partial charge in [0.05, 0.1) is 12.3 Å². The molecule has 1 aliphatic heterocycles. The van der Waals surface area contributed by atoms with Crippen molar-refractivity contribution in [2.24, 2.45) is 7.05 Å². The maximum absolute atomic E-state index is 5.91. The standard InChI is InChI=1S/C15H24N6O/c1-4-13-12(8-19(3)18-13)9-20-6-7-22-14(10-20)15-17-16-11-21(15)5-2/h8,11,14H,4-7,9-10H2,1-3H3. The molecule has 0 amide bonds. The van der Waals surface area contributed by atoms with E-state index in [1.165, 1.54) is 11.3 Å². The average molecular weight is 304 g/mol. The summed E-state index contributed by atoms with van der Waals surface area (Å²) in [5.74, 6) is 0.925. The van der Waals surface area contributed by atoms with E-state index in [9.17, 15) is 0 Å². The molecule has 1 atom stereocenters. The van der Waals surface area contributed by atoms with Crippen LogP contribution in [-0.2, 0) is 31.3 Å². The summed E-state index contributed by atoms with van der Waals surface area (Å²) in [6.07, 6.45) is 4.86. The summed E-state index contributed by atoms with van der Waals surface area (Å²) in [6, 6.07) is 0. The zero-order chi connectivity index (χ0) is 15.5. The third kappa shape index (κ3) is 3.05. The van der Waals surface area contributed by atoms with Gasteiger partial charge in [-0.05, 0) is 13.3 Å². The Hall–Kier alpha value is -1.73. The summed E-state index contributed by atoms with van der Waals surface area (Å²) in [6.45, 7) is 8.53. The Morgan fingerprint density at radius 3 is 3.00 bits per heavy atom. The summed E-state index contributed by atoms with van der Waals surface area (Å²) < 4.78 is 9.86. The molecule has 1 saturated heterocycles. The van der Waals surface area contributed by atoms with E-state index in [0.29, 0.717) is 0 Å². The van der Waals surface area contributed by atoms with Crippen LogP contribution in [0, 0.1) is 0 Å². The summed E-state index contributed by atoms with van der Waals surface area (Å²) >= 11 is 0. The van der Waals surface area contributed by atoms with E-state index in [0.717, 1.165) is 45.0 Å². The van der Waals surface area contributed by atoms with Crippen molar-refractivity contribution in [1.29, 1.82) is 0 Å². The number of aryl methyl sites for hydroxylation is 3. The summed E-state index contributed by atoms with van der Waals surface area (Å²) in [7, 11) is 1.98. The lowest BCUT2D eigenvalue weighted by atomic mass is 10.1. The second-order valence-electron chi connectivity index (χ2n) is 5.70. The summed E-state index contributed by atoms with van der Waals surface area (Å²) in [4.78, 5) is 2.42. The van der Waals surface area contributed by atoms with Crippen LogP contribution >= 0.6 is 0 Å². The highest BCUT2D eigenvalue weighted by molar-refractivity contribution is 5.17. The predicted octanol–water partition coefficient (Wildman–Crippen LogP) is 1.17. The molecule has 0 bridgehead atoms. The molecule has 1 unspecified atom stereocenters. The lowest BCUT2D eigenvalue weighted by molar-refractivity contribution is -0.0389. The molecule has 0 aromatic carbocycles.